The van der Waals surface area contributed by atoms with E-state index in [0.29, 0.717) is 11.8 Å². The van der Waals surface area contributed by atoms with Crippen molar-refractivity contribution in [3.05, 3.63) is 0 Å². The summed E-state index contributed by atoms with van der Waals surface area (Å²) < 4.78 is 5.91. The van der Waals surface area contributed by atoms with Gasteiger partial charge in [-0.1, -0.05) is 44.8 Å². The summed E-state index contributed by atoms with van der Waals surface area (Å²) in [6.07, 6.45) is 3.44. The van der Waals surface area contributed by atoms with Gasteiger partial charge >= 0.3 is 5.97 Å². The molecule has 0 aromatic heterocycles. The summed E-state index contributed by atoms with van der Waals surface area (Å²) in [4.78, 5) is 28.1. The number of rotatable bonds is 4. The molecule has 2 heterocycles. The van der Waals surface area contributed by atoms with Gasteiger partial charge in [-0.25, -0.2) is 0 Å². The van der Waals surface area contributed by atoms with Gasteiger partial charge in [0.25, 0.3) is 5.91 Å². The van der Waals surface area contributed by atoms with Crippen molar-refractivity contribution in [2.45, 2.75) is 40.0 Å². The number of piperidine rings is 2. The van der Waals surface area contributed by atoms with Crippen LogP contribution in [0.1, 0.15) is 40.0 Å². The third-order valence-electron chi connectivity index (χ3n) is 4.93. The lowest BCUT2D eigenvalue weighted by atomic mass is 9.92. The number of hydrogen-bond acceptors (Lipinski definition) is 5. The number of nitrogens with zero attached hydrogens (tertiary/aromatic N) is 2. The van der Waals surface area contributed by atoms with Crippen molar-refractivity contribution in [3.63, 3.8) is 0 Å². The zero-order valence-corrected chi connectivity index (χ0v) is 17.2. The van der Waals surface area contributed by atoms with Gasteiger partial charge in [0.15, 0.2) is 6.61 Å². The fraction of sp³-hybridized carbons (Fsp3) is 0.833. The van der Waals surface area contributed by atoms with Gasteiger partial charge < -0.3 is 14.5 Å². The average molecular weight is 387 g/mol. The Morgan fingerprint density at radius 2 is 1.64 bits per heavy atom. The molecule has 0 N–H and O–H groups in total. The van der Waals surface area contributed by atoms with E-state index in [1.165, 1.54) is 11.8 Å². The van der Waals surface area contributed by atoms with Crippen LogP contribution in [0.2, 0.25) is 0 Å². The fourth-order valence-corrected chi connectivity index (χ4v) is 4.59. The Bertz CT molecular complexity index is 483. The quantitative estimate of drug-likeness (QED) is 0.547. The van der Waals surface area contributed by atoms with E-state index in [0.717, 1.165) is 55.7 Å². The van der Waals surface area contributed by atoms with Crippen molar-refractivity contribution in [3.8, 4) is 0 Å². The zero-order chi connectivity index (χ0) is 18.4. The molecule has 7 heteroatoms. The zero-order valence-electron chi connectivity index (χ0n) is 15.5. The second kappa shape index (κ2) is 9.76. The van der Waals surface area contributed by atoms with Crippen molar-refractivity contribution < 1.29 is 14.3 Å². The smallest absolute Gasteiger partial charge is 0.316 e. The number of thiocarbonyl (C=S) groups is 1. The van der Waals surface area contributed by atoms with Crippen molar-refractivity contribution in [1.29, 1.82) is 0 Å². The number of hydrogen-bond donors (Lipinski definition) is 0. The highest BCUT2D eigenvalue weighted by molar-refractivity contribution is 8.23. The van der Waals surface area contributed by atoms with Crippen molar-refractivity contribution in [2.75, 3.05) is 38.5 Å². The highest BCUT2D eigenvalue weighted by Crippen LogP contribution is 2.22. The predicted octanol–water partition coefficient (Wildman–Crippen LogP) is 2.78. The van der Waals surface area contributed by atoms with Gasteiger partial charge in [-0.3, -0.25) is 9.59 Å². The van der Waals surface area contributed by atoms with Crippen LogP contribution in [-0.4, -0.2) is 64.5 Å². The lowest BCUT2D eigenvalue weighted by molar-refractivity contribution is -0.151. The summed E-state index contributed by atoms with van der Waals surface area (Å²) >= 11 is 6.74. The molecular weight excluding hydrogens is 356 g/mol. The molecule has 0 spiro atoms. The van der Waals surface area contributed by atoms with Crippen LogP contribution in [0.3, 0.4) is 0 Å². The van der Waals surface area contributed by atoms with Crippen molar-refractivity contribution >= 4 is 40.2 Å². The molecular formula is C18H30N2O3S2. The second-order valence-electron chi connectivity index (χ2n) is 7.63. The van der Waals surface area contributed by atoms with E-state index < -0.39 is 0 Å². The summed E-state index contributed by atoms with van der Waals surface area (Å²) in [5.41, 5.74) is 0. The molecule has 2 aliphatic heterocycles. The van der Waals surface area contributed by atoms with Gasteiger partial charge in [-0.2, -0.15) is 0 Å². The number of likely N-dealkylation sites (tertiary alicyclic amines) is 2. The van der Waals surface area contributed by atoms with Gasteiger partial charge in [0, 0.05) is 26.2 Å². The Kier molecular flexibility index (Phi) is 8.00. The summed E-state index contributed by atoms with van der Waals surface area (Å²) in [6, 6.07) is 0. The molecule has 2 aliphatic rings. The largest absolute Gasteiger partial charge is 0.455 e. The molecule has 0 radical (unpaired) electrons. The van der Waals surface area contributed by atoms with Gasteiger partial charge in [0.05, 0.1) is 5.75 Å². The van der Waals surface area contributed by atoms with Crippen LogP contribution >= 0.6 is 24.0 Å². The molecule has 142 valence electrons. The molecule has 0 aromatic carbocycles. The van der Waals surface area contributed by atoms with E-state index in [1.54, 1.807) is 0 Å². The number of thioether (sulfide) groups is 1. The maximum Gasteiger partial charge on any atom is 0.316 e. The molecule has 25 heavy (non-hydrogen) atoms. The minimum absolute atomic E-state index is 0.0932. The normalized spacial score (nSPS) is 24.9. The van der Waals surface area contributed by atoms with E-state index >= 15 is 0 Å². The first kappa shape index (κ1) is 20.5. The van der Waals surface area contributed by atoms with Crippen LogP contribution in [0, 0.1) is 17.8 Å². The Morgan fingerprint density at radius 3 is 2.24 bits per heavy atom. The molecule has 0 aromatic rings. The van der Waals surface area contributed by atoms with E-state index in [9.17, 15) is 9.59 Å². The van der Waals surface area contributed by atoms with Crippen molar-refractivity contribution in [2.24, 2.45) is 17.8 Å². The first-order valence-electron chi connectivity index (χ1n) is 9.20. The van der Waals surface area contributed by atoms with Gasteiger partial charge in [-0.15, -0.1) is 0 Å². The Hall–Kier alpha value is -0.820. The maximum absolute atomic E-state index is 12.2. The monoisotopic (exact) mass is 386 g/mol. The maximum atomic E-state index is 12.2. The number of carbonyl (C=O) groups is 2. The standard InChI is InChI=1S/C18H30N2O3S2/c1-13-4-6-19(7-5-13)18(24)25-12-17(22)23-11-16(21)20-9-14(2)8-15(3)10-20/h13-15H,4-12H2,1-3H3. The Labute approximate surface area is 160 Å². The van der Waals surface area contributed by atoms with Gasteiger partial charge in [0.2, 0.25) is 0 Å². The van der Waals surface area contributed by atoms with E-state index in [4.69, 9.17) is 17.0 Å². The summed E-state index contributed by atoms with van der Waals surface area (Å²) in [7, 11) is 0. The fourth-order valence-electron chi connectivity index (χ4n) is 3.54. The molecule has 2 fully saturated rings. The van der Waals surface area contributed by atoms with Crippen LogP contribution in [0.25, 0.3) is 0 Å². The topological polar surface area (TPSA) is 49.9 Å². The van der Waals surface area contributed by atoms with Crippen LogP contribution in [0.5, 0.6) is 0 Å². The first-order valence-corrected chi connectivity index (χ1v) is 10.6. The van der Waals surface area contributed by atoms with Crippen LogP contribution in [-0.2, 0) is 14.3 Å². The first-order chi connectivity index (χ1) is 11.8. The molecule has 1 amide bonds. The molecule has 0 aliphatic carbocycles. The van der Waals surface area contributed by atoms with E-state index in [1.807, 2.05) is 4.90 Å². The van der Waals surface area contributed by atoms with E-state index in [-0.39, 0.29) is 24.2 Å². The molecule has 2 rings (SSSR count). The van der Waals surface area contributed by atoms with Gasteiger partial charge in [0.1, 0.15) is 4.32 Å². The third kappa shape index (κ3) is 6.77. The average Bonchev–Trinajstić information content (AvgIpc) is 2.57. The van der Waals surface area contributed by atoms with E-state index in [2.05, 4.69) is 25.7 Å². The number of carbonyl (C=O) groups excluding carboxylic acids is 2. The predicted molar refractivity (Wildman–Crippen MR) is 106 cm³/mol. The lowest BCUT2D eigenvalue weighted by Crippen LogP contribution is -2.44. The van der Waals surface area contributed by atoms with Gasteiger partial charge in [-0.05, 0) is 37.0 Å². The molecule has 2 unspecified atom stereocenters. The molecule has 0 saturated carbocycles. The number of amides is 1. The van der Waals surface area contributed by atoms with Crippen LogP contribution in [0.4, 0.5) is 0 Å². The SMILES string of the molecule is CC1CCN(C(=S)SCC(=O)OCC(=O)N2CC(C)CC(C)C2)CC1. The van der Waals surface area contributed by atoms with Crippen LogP contribution in [0.15, 0.2) is 0 Å². The molecule has 2 saturated heterocycles. The second-order valence-corrected chi connectivity index (χ2v) is 9.24. The lowest BCUT2D eigenvalue weighted by Gasteiger charge is -2.34. The summed E-state index contributed by atoms with van der Waals surface area (Å²) in [5.74, 6) is 1.46. The van der Waals surface area contributed by atoms with Crippen molar-refractivity contribution in [1.82, 2.24) is 9.80 Å². The molecule has 0 bridgehead atoms. The minimum atomic E-state index is -0.371. The highest BCUT2D eigenvalue weighted by atomic mass is 32.2. The van der Waals surface area contributed by atoms with Crippen LogP contribution < -0.4 is 0 Å². The number of ether oxygens (including phenoxy) is 1. The molecule has 2 atom stereocenters. The third-order valence-corrected chi connectivity index (χ3v) is 6.43. The highest BCUT2D eigenvalue weighted by Gasteiger charge is 2.26. The number of esters is 1. The summed E-state index contributed by atoms with van der Waals surface area (Å²) in [5, 5.41) is 0. The Balaban J connectivity index is 1.65. The summed E-state index contributed by atoms with van der Waals surface area (Å²) in [6.45, 7) is 9.85. The molecule has 5 nitrogen and oxygen atoms in total. The minimum Gasteiger partial charge on any atom is -0.455 e. The Morgan fingerprint density at radius 1 is 1.04 bits per heavy atom.